The number of fused-ring (bicyclic) bond motifs is 2. The highest BCUT2D eigenvalue weighted by molar-refractivity contribution is 7.62. The second-order valence-electron chi connectivity index (χ2n) is 17.2. The number of aryl methyl sites for hydroxylation is 4. The minimum atomic E-state index is -5.02. The lowest BCUT2D eigenvalue weighted by molar-refractivity contribution is 0.101. The van der Waals surface area contributed by atoms with Gasteiger partial charge in [-0.1, -0.05) is 24.3 Å². The molecule has 4 aromatic carbocycles. The molecule has 0 aliphatic rings. The van der Waals surface area contributed by atoms with Crippen LogP contribution in [0.3, 0.4) is 0 Å². The summed E-state index contributed by atoms with van der Waals surface area (Å²) in [5.41, 5.74) is 0.333. The fraction of sp³-hybridized carbons (Fsp3) is 0.0889. The van der Waals surface area contributed by atoms with Crippen molar-refractivity contribution in [2.45, 2.75) is 0 Å². The van der Waals surface area contributed by atoms with E-state index in [1.165, 1.54) is 132 Å². The van der Waals surface area contributed by atoms with Gasteiger partial charge in [0, 0.05) is 75.1 Å². The molecule has 8 aromatic rings. The van der Waals surface area contributed by atoms with Gasteiger partial charge in [0.2, 0.25) is 0 Å². The molecule has 0 aliphatic heterocycles. The van der Waals surface area contributed by atoms with Crippen LogP contribution in [0, 0.1) is 0 Å². The number of anilines is 6. The Balaban J connectivity index is 0.891. The number of urea groups is 1. The van der Waals surface area contributed by atoms with Crippen molar-refractivity contribution in [3.05, 3.63) is 132 Å². The molecule has 0 bridgehead atoms. The fourth-order valence-electron chi connectivity index (χ4n) is 8.34. The highest BCUT2D eigenvalue weighted by Crippen LogP contribution is 2.43. The van der Waals surface area contributed by atoms with Crippen molar-refractivity contribution in [1.82, 2.24) is 18.3 Å². The SMILES string of the molecule is Cn1cc(NC(=O)Nc2cc(C(=O)Nc3cc(C(=O)Nc4cc(P(=O)(O)O)c5cccc(P(=O)(O)O)c5c4)n(C)c3)n(C)c2)cc1C(=O)Nc1cc(C(=O)Nc2cc(P(=O)(O)O)c3cccc(P(=O)(O)O)c3c2)n(C)c1. The Morgan fingerprint density at radius 2 is 0.605 bits per heavy atom. The van der Waals surface area contributed by atoms with Crippen LogP contribution in [0.5, 0.6) is 0 Å². The number of benzene rings is 4. The van der Waals surface area contributed by atoms with Crippen molar-refractivity contribution >= 4 is 137 Å². The van der Waals surface area contributed by atoms with E-state index in [1.807, 2.05) is 0 Å². The van der Waals surface area contributed by atoms with Crippen molar-refractivity contribution < 1.29 is 81.4 Å². The van der Waals surface area contributed by atoms with Gasteiger partial charge in [0.1, 0.15) is 22.8 Å². The molecule has 27 nitrogen and oxygen atoms in total. The topological polar surface area (TPSA) is 407 Å². The van der Waals surface area contributed by atoms with Crippen LogP contribution in [0.1, 0.15) is 42.0 Å². The van der Waals surface area contributed by atoms with Gasteiger partial charge in [-0.05, 0) is 71.4 Å². The molecule has 0 saturated heterocycles. The van der Waals surface area contributed by atoms with E-state index in [9.17, 15) is 81.4 Å². The van der Waals surface area contributed by atoms with Gasteiger partial charge in [-0.25, -0.2) is 4.79 Å². The lowest BCUT2D eigenvalue weighted by Crippen LogP contribution is -2.19. The first-order valence-electron chi connectivity index (χ1n) is 21.7. The van der Waals surface area contributed by atoms with E-state index in [0.29, 0.717) is 0 Å². The molecular weight excluding hydrogens is 1080 g/mol. The van der Waals surface area contributed by atoms with Gasteiger partial charge < -0.3 is 89.3 Å². The Hall–Kier alpha value is -7.73. The monoisotopic (exact) mass is 1120 g/mol. The molecule has 0 unspecified atom stereocenters. The normalized spacial score (nSPS) is 12.2. The van der Waals surface area contributed by atoms with Gasteiger partial charge in [-0.3, -0.25) is 37.4 Å². The molecule has 14 N–H and O–H groups in total. The summed E-state index contributed by atoms with van der Waals surface area (Å²) in [6, 6.07) is 16.1. The highest BCUT2D eigenvalue weighted by atomic mass is 31.2. The molecule has 0 saturated carbocycles. The van der Waals surface area contributed by atoms with Gasteiger partial charge >= 0.3 is 36.4 Å². The van der Waals surface area contributed by atoms with Crippen LogP contribution in [0.2, 0.25) is 0 Å². The summed E-state index contributed by atoms with van der Waals surface area (Å²) < 4.78 is 54.8. The lowest BCUT2D eigenvalue weighted by Gasteiger charge is -2.15. The number of hydrogen-bond acceptors (Lipinski definition) is 9. The van der Waals surface area contributed by atoms with Crippen LogP contribution in [0.25, 0.3) is 21.5 Å². The summed E-state index contributed by atoms with van der Waals surface area (Å²) in [6.45, 7) is 0. The maximum absolute atomic E-state index is 13.5. The average molecular weight is 1120 g/mol. The summed E-state index contributed by atoms with van der Waals surface area (Å²) in [7, 11) is -13.9. The first-order chi connectivity index (χ1) is 35.3. The van der Waals surface area contributed by atoms with Gasteiger partial charge in [0.05, 0.1) is 44.0 Å². The maximum atomic E-state index is 13.5. The minimum absolute atomic E-state index is 0.0355. The van der Waals surface area contributed by atoms with E-state index < -0.39 is 81.3 Å². The Morgan fingerprint density at radius 1 is 0.342 bits per heavy atom. The van der Waals surface area contributed by atoms with Crippen LogP contribution >= 0.6 is 30.4 Å². The van der Waals surface area contributed by atoms with Gasteiger partial charge in [0.25, 0.3) is 23.6 Å². The first-order valence-corrected chi connectivity index (χ1v) is 28.2. The predicted octanol–water partition coefficient (Wildman–Crippen LogP) is 3.21. The first kappa shape index (κ1) is 54.5. The number of hydrogen-bond donors (Lipinski definition) is 14. The number of carbonyl (C=O) groups excluding carboxylic acids is 5. The van der Waals surface area contributed by atoms with E-state index in [1.54, 1.807) is 0 Å². The molecule has 4 heterocycles. The third-order valence-corrected chi connectivity index (χ3v) is 15.7. The summed E-state index contributed by atoms with van der Waals surface area (Å²) in [6.07, 6.45) is 5.68. The molecule has 0 aliphatic carbocycles. The minimum Gasteiger partial charge on any atom is -0.344 e. The summed E-state index contributed by atoms with van der Waals surface area (Å²) in [5.74, 6) is -2.94. The number of rotatable bonds is 14. The van der Waals surface area contributed by atoms with Crippen molar-refractivity contribution in [2.75, 3.05) is 31.9 Å². The Kier molecular flexibility index (Phi) is 14.4. The highest BCUT2D eigenvalue weighted by Gasteiger charge is 2.30. The number of carbonyl (C=O) groups is 5. The van der Waals surface area contributed by atoms with E-state index in [4.69, 9.17) is 0 Å². The smallest absolute Gasteiger partial charge is 0.344 e. The zero-order valence-corrected chi connectivity index (χ0v) is 43.3. The van der Waals surface area contributed by atoms with E-state index >= 15 is 0 Å². The van der Waals surface area contributed by atoms with Gasteiger partial charge in [0.15, 0.2) is 0 Å². The molecule has 0 fully saturated rings. The van der Waals surface area contributed by atoms with Crippen LogP contribution in [0.15, 0.2) is 110 Å². The van der Waals surface area contributed by atoms with Crippen LogP contribution in [-0.2, 0) is 46.5 Å². The van der Waals surface area contributed by atoms with Crippen LogP contribution in [0.4, 0.5) is 38.9 Å². The zero-order chi connectivity index (χ0) is 55.6. The number of nitrogens with one attached hydrogen (secondary N) is 6. The fourth-order valence-corrected chi connectivity index (χ4v) is 11.5. The molecule has 8 rings (SSSR count). The predicted molar refractivity (Wildman–Crippen MR) is 281 cm³/mol. The standard InChI is InChI=1S/C45H44N10O17P4/c1-52-19-25(13-33(52)41(56)46-23-11-31-29(39(17-23)75(67,68)69)7-5-9-37(31)73(61,62)63)48-43(58)35-15-27(21-54(35)3)50-45(60)51-28-16-36(55(4)22-28)44(59)49-26-14-34(53(2)20-26)42(57)47-24-12-32-30(40(18-24)76(70,71)72)8-6-10-38(32)74(64,65)66/h5-22H,1-4H3,(H,46,56)(H,47,57)(H,48,58)(H,49,59)(H2,50,51,60)(H2,61,62,63)(H2,64,65,66)(H2,67,68,69)(H2,70,71,72). The number of nitrogens with zero attached hydrogens (tertiary/aromatic N) is 4. The second-order valence-corrected chi connectivity index (χ2v) is 23.5. The maximum Gasteiger partial charge on any atom is 0.356 e. The summed E-state index contributed by atoms with van der Waals surface area (Å²) >= 11 is 0. The number of aromatic nitrogens is 4. The molecule has 4 aromatic heterocycles. The van der Waals surface area contributed by atoms with Crippen molar-refractivity contribution in [3.63, 3.8) is 0 Å². The average Bonchev–Trinajstić information content (AvgIpc) is 4.08. The molecular formula is C45H44N10O17P4. The molecule has 31 heteroatoms. The molecule has 6 amide bonds. The van der Waals surface area contributed by atoms with E-state index in [-0.39, 0.29) is 78.4 Å². The van der Waals surface area contributed by atoms with Crippen LogP contribution in [-0.4, -0.2) is 87.1 Å². The molecule has 0 radical (unpaired) electrons. The zero-order valence-electron chi connectivity index (χ0n) is 39.7. The molecule has 396 valence electrons. The van der Waals surface area contributed by atoms with Gasteiger partial charge in [-0.2, -0.15) is 0 Å². The third kappa shape index (κ3) is 11.6. The Labute approximate surface area is 427 Å². The van der Waals surface area contributed by atoms with Crippen molar-refractivity contribution in [2.24, 2.45) is 28.2 Å². The van der Waals surface area contributed by atoms with Crippen LogP contribution < -0.4 is 53.1 Å². The van der Waals surface area contributed by atoms with E-state index in [0.717, 1.165) is 24.3 Å². The molecule has 0 atom stereocenters. The number of amides is 6. The van der Waals surface area contributed by atoms with Crippen molar-refractivity contribution in [1.29, 1.82) is 0 Å². The largest absolute Gasteiger partial charge is 0.356 e. The molecule has 0 spiro atoms. The summed E-state index contributed by atoms with van der Waals surface area (Å²) in [4.78, 5) is 147. The van der Waals surface area contributed by atoms with Gasteiger partial charge in [-0.15, -0.1) is 0 Å². The lowest BCUT2D eigenvalue weighted by atomic mass is 10.1. The summed E-state index contributed by atoms with van der Waals surface area (Å²) in [5, 5.41) is 12.7. The third-order valence-electron chi connectivity index (χ3n) is 11.7. The van der Waals surface area contributed by atoms with Crippen molar-refractivity contribution in [3.8, 4) is 0 Å². The Bertz CT molecular complexity index is 3720. The quantitative estimate of drug-likeness (QED) is 0.0695. The Morgan fingerprint density at radius 3 is 0.882 bits per heavy atom. The molecule has 76 heavy (non-hydrogen) atoms. The van der Waals surface area contributed by atoms with E-state index in [2.05, 4.69) is 31.9 Å². The second kappa shape index (κ2) is 20.1.